The number of nitrogens with zero attached hydrogens (tertiary/aromatic N) is 6. The van der Waals surface area contributed by atoms with E-state index in [1.54, 1.807) is 25.0 Å². The highest BCUT2D eigenvalue weighted by Crippen LogP contribution is 2.30. The SMILES string of the molecule is CCCc1noc(CSc2nnnn2-c2cc(OC)ccc2OC)n1. The van der Waals surface area contributed by atoms with Gasteiger partial charge in [0.1, 0.15) is 17.2 Å². The van der Waals surface area contributed by atoms with E-state index in [0.29, 0.717) is 39.8 Å². The Bertz CT molecular complexity index is 834. The zero-order chi connectivity index (χ0) is 17.6. The molecule has 0 saturated carbocycles. The summed E-state index contributed by atoms with van der Waals surface area (Å²) in [7, 11) is 3.19. The second-order valence-electron chi connectivity index (χ2n) is 5.05. The summed E-state index contributed by atoms with van der Waals surface area (Å²) in [5, 5.41) is 16.4. The molecule has 0 aliphatic rings. The van der Waals surface area contributed by atoms with E-state index in [4.69, 9.17) is 14.0 Å². The maximum Gasteiger partial charge on any atom is 0.237 e. The van der Waals surface area contributed by atoms with Crippen LogP contribution in [0, 0.1) is 0 Å². The highest BCUT2D eigenvalue weighted by molar-refractivity contribution is 7.98. The van der Waals surface area contributed by atoms with Gasteiger partial charge in [-0.3, -0.25) is 0 Å². The molecule has 0 atom stereocenters. The normalized spacial score (nSPS) is 10.8. The van der Waals surface area contributed by atoms with E-state index >= 15 is 0 Å². The first-order chi connectivity index (χ1) is 12.2. The third-order valence-electron chi connectivity index (χ3n) is 3.36. The van der Waals surface area contributed by atoms with Crippen molar-refractivity contribution in [1.82, 2.24) is 30.3 Å². The van der Waals surface area contributed by atoms with Crippen molar-refractivity contribution in [2.24, 2.45) is 0 Å². The van der Waals surface area contributed by atoms with E-state index in [-0.39, 0.29) is 0 Å². The molecule has 3 rings (SSSR count). The Morgan fingerprint density at radius 2 is 2.12 bits per heavy atom. The minimum atomic E-state index is 0.476. The fourth-order valence-corrected chi connectivity index (χ4v) is 2.90. The van der Waals surface area contributed by atoms with Gasteiger partial charge in [-0.25, -0.2) is 0 Å². The lowest BCUT2D eigenvalue weighted by molar-refractivity contribution is 0.384. The third-order valence-corrected chi connectivity index (χ3v) is 4.27. The van der Waals surface area contributed by atoms with Crippen molar-refractivity contribution in [3.8, 4) is 17.2 Å². The van der Waals surface area contributed by atoms with Gasteiger partial charge >= 0.3 is 0 Å². The minimum absolute atomic E-state index is 0.476. The van der Waals surface area contributed by atoms with Gasteiger partial charge < -0.3 is 14.0 Å². The molecular formula is C15H18N6O3S. The lowest BCUT2D eigenvalue weighted by Gasteiger charge is -2.10. The molecule has 0 spiro atoms. The zero-order valence-electron chi connectivity index (χ0n) is 14.2. The lowest BCUT2D eigenvalue weighted by atomic mass is 10.3. The molecule has 10 heteroatoms. The molecular weight excluding hydrogens is 344 g/mol. The van der Waals surface area contributed by atoms with Gasteiger partial charge in [-0.2, -0.15) is 9.67 Å². The Morgan fingerprint density at radius 1 is 1.24 bits per heavy atom. The summed E-state index contributed by atoms with van der Waals surface area (Å²) in [5.74, 6) is 3.05. The van der Waals surface area contributed by atoms with E-state index in [0.717, 1.165) is 12.8 Å². The van der Waals surface area contributed by atoms with E-state index in [1.165, 1.54) is 11.8 Å². The predicted molar refractivity (Wildman–Crippen MR) is 90.1 cm³/mol. The topological polar surface area (TPSA) is 101 Å². The smallest absolute Gasteiger partial charge is 0.237 e. The monoisotopic (exact) mass is 362 g/mol. The van der Waals surface area contributed by atoms with E-state index < -0.39 is 0 Å². The maximum absolute atomic E-state index is 5.39. The number of thioether (sulfide) groups is 1. The molecule has 2 aromatic heterocycles. The summed E-state index contributed by atoms with van der Waals surface area (Å²) in [6.07, 6.45) is 1.77. The molecule has 0 unspecified atom stereocenters. The summed E-state index contributed by atoms with van der Waals surface area (Å²) in [5.41, 5.74) is 0.687. The molecule has 0 aliphatic heterocycles. The van der Waals surface area contributed by atoms with Crippen LogP contribution in [0.2, 0.25) is 0 Å². The standard InChI is InChI=1S/C15H18N6O3S/c1-4-5-13-16-14(24-18-13)9-25-15-17-19-20-21(15)11-8-10(22-2)6-7-12(11)23-3/h6-8H,4-5,9H2,1-3H3. The highest BCUT2D eigenvalue weighted by atomic mass is 32.2. The first kappa shape index (κ1) is 17.2. The van der Waals surface area contributed by atoms with Crippen molar-refractivity contribution >= 4 is 11.8 Å². The summed E-state index contributed by atoms with van der Waals surface area (Å²) < 4.78 is 17.5. The fraction of sp³-hybridized carbons (Fsp3) is 0.400. The zero-order valence-corrected chi connectivity index (χ0v) is 15.0. The molecule has 0 fully saturated rings. The number of aryl methyl sites for hydroxylation is 1. The van der Waals surface area contributed by atoms with Crippen molar-refractivity contribution < 1.29 is 14.0 Å². The van der Waals surface area contributed by atoms with E-state index in [2.05, 4.69) is 32.6 Å². The summed E-state index contributed by atoms with van der Waals surface area (Å²) in [4.78, 5) is 4.34. The van der Waals surface area contributed by atoms with E-state index in [1.807, 2.05) is 12.1 Å². The molecule has 0 N–H and O–H groups in total. The van der Waals surface area contributed by atoms with Crippen LogP contribution in [0.15, 0.2) is 27.9 Å². The predicted octanol–water partition coefficient (Wildman–Crippen LogP) is 2.31. The van der Waals surface area contributed by atoms with Gasteiger partial charge in [0.2, 0.25) is 11.0 Å². The largest absolute Gasteiger partial charge is 0.497 e. The maximum atomic E-state index is 5.39. The van der Waals surface area contributed by atoms with Gasteiger partial charge in [-0.1, -0.05) is 23.8 Å². The van der Waals surface area contributed by atoms with Crippen molar-refractivity contribution in [1.29, 1.82) is 0 Å². The molecule has 0 saturated heterocycles. The quantitative estimate of drug-likeness (QED) is 0.559. The number of ether oxygens (including phenoxy) is 2. The Kier molecular flexibility index (Phi) is 5.49. The molecule has 2 heterocycles. The average Bonchev–Trinajstić information content (AvgIpc) is 3.28. The van der Waals surface area contributed by atoms with Crippen LogP contribution in [-0.4, -0.2) is 44.6 Å². The van der Waals surface area contributed by atoms with Crippen molar-refractivity contribution in [2.75, 3.05) is 14.2 Å². The lowest BCUT2D eigenvalue weighted by Crippen LogP contribution is -2.02. The first-order valence-corrected chi connectivity index (χ1v) is 8.68. The highest BCUT2D eigenvalue weighted by Gasteiger charge is 2.16. The number of methoxy groups -OCH3 is 2. The van der Waals surface area contributed by atoms with Gasteiger partial charge in [0.25, 0.3) is 0 Å². The number of tetrazole rings is 1. The number of hydrogen-bond donors (Lipinski definition) is 0. The van der Waals surface area contributed by atoms with Gasteiger partial charge in [0, 0.05) is 12.5 Å². The molecule has 9 nitrogen and oxygen atoms in total. The van der Waals surface area contributed by atoms with Crippen LogP contribution in [0.25, 0.3) is 5.69 Å². The van der Waals surface area contributed by atoms with Crippen LogP contribution in [0.5, 0.6) is 11.5 Å². The second kappa shape index (κ2) is 7.97. The van der Waals surface area contributed by atoms with Crippen molar-refractivity contribution in [3.63, 3.8) is 0 Å². The molecule has 0 bridgehead atoms. The summed E-state index contributed by atoms with van der Waals surface area (Å²) in [6.45, 7) is 2.07. The van der Waals surface area contributed by atoms with Crippen molar-refractivity contribution in [2.45, 2.75) is 30.7 Å². The first-order valence-electron chi connectivity index (χ1n) is 7.70. The summed E-state index contributed by atoms with van der Waals surface area (Å²) >= 11 is 1.40. The number of hydrogen-bond acceptors (Lipinski definition) is 9. The minimum Gasteiger partial charge on any atom is -0.497 e. The second-order valence-corrected chi connectivity index (χ2v) is 6.00. The van der Waals surface area contributed by atoms with Crippen LogP contribution in [-0.2, 0) is 12.2 Å². The summed E-state index contributed by atoms with van der Waals surface area (Å²) in [6, 6.07) is 5.43. The van der Waals surface area contributed by atoms with Crippen LogP contribution in [0.1, 0.15) is 25.1 Å². The number of benzene rings is 1. The molecule has 25 heavy (non-hydrogen) atoms. The Hall–Kier alpha value is -2.62. The van der Waals surface area contributed by atoms with Gasteiger partial charge in [-0.05, 0) is 29.0 Å². The molecule has 1 aromatic carbocycles. The molecule has 0 aliphatic carbocycles. The van der Waals surface area contributed by atoms with Crippen LogP contribution in [0.3, 0.4) is 0 Å². The molecule has 3 aromatic rings. The third kappa shape index (κ3) is 3.90. The fourth-order valence-electron chi connectivity index (χ4n) is 2.18. The molecule has 0 amide bonds. The molecule has 132 valence electrons. The van der Waals surface area contributed by atoms with Gasteiger partial charge in [0.05, 0.1) is 20.0 Å². The van der Waals surface area contributed by atoms with Crippen molar-refractivity contribution in [3.05, 3.63) is 29.9 Å². The number of aromatic nitrogens is 6. The van der Waals surface area contributed by atoms with Crippen LogP contribution in [0.4, 0.5) is 0 Å². The Morgan fingerprint density at radius 3 is 2.88 bits per heavy atom. The average molecular weight is 362 g/mol. The van der Waals surface area contributed by atoms with Gasteiger partial charge in [0.15, 0.2) is 5.82 Å². The Labute approximate surface area is 148 Å². The van der Waals surface area contributed by atoms with E-state index in [9.17, 15) is 0 Å². The Balaban J connectivity index is 1.80. The van der Waals surface area contributed by atoms with Crippen LogP contribution >= 0.6 is 11.8 Å². The van der Waals surface area contributed by atoms with Gasteiger partial charge in [-0.15, -0.1) is 5.10 Å². The number of rotatable bonds is 8. The van der Waals surface area contributed by atoms with Crippen LogP contribution < -0.4 is 9.47 Å². The molecule has 0 radical (unpaired) electrons.